The third-order valence-electron chi connectivity index (χ3n) is 1.64. The lowest BCUT2D eigenvalue weighted by atomic mass is 10.1. The highest BCUT2D eigenvalue weighted by atomic mass is 16.5. The van der Waals surface area contributed by atoms with Crippen LogP contribution in [0.2, 0.25) is 0 Å². The van der Waals surface area contributed by atoms with E-state index in [2.05, 4.69) is 9.72 Å². The van der Waals surface area contributed by atoms with Gasteiger partial charge in [-0.25, -0.2) is 4.98 Å². The first kappa shape index (κ1) is 8.77. The summed E-state index contributed by atoms with van der Waals surface area (Å²) in [6.45, 7) is 3.45. The molecule has 0 amide bonds. The van der Waals surface area contributed by atoms with Crippen LogP contribution in [-0.2, 0) is 9.53 Å². The highest BCUT2D eigenvalue weighted by Crippen LogP contribution is 2.15. The van der Waals surface area contributed by atoms with Crippen LogP contribution in [0.3, 0.4) is 0 Å². The number of carbonyl (C=O) groups is 1. The Morgan fingerprint density at radius 3 is 2.83 bits per heavy atom. The summed E-state index contributed by atoms with van der Waals surface area (Å²) in [5, 5.41) is 0. The molecule has 0 saturated carbocycles. The van der Waals surface area contributed by atoms with Crippen molar-refractivity contribution in [2.24, 2.45) is 0 Å². The van der Waals surface area contributed by atoms with Crippen LogP contribution in [0.25, 0.3) is 0 Å². The number of nitrogens with zero attached hydrogens (tertiary/aromatic N) is 1. The van der Waals surface area contributed by atoms with Gasteiger partial charge in [-0.1, -0.05) is 0 Å². The van der Waals surface area contributed by atoms with E-state index in [1.54, 1.807) is 13.8 Å². The Morgan fingerprint density at radius 2 is 2.42 bits per heavy atom. The maximum Gasteiger partial charge on any atom is 0.314 e. The van der Waals surface area contributed by atoms with Crippen LogP contribution in [0, 0.1) is 6.92 Å². The lowest BCUT2D eigenvalue weighted by molar-refractivity contribution is -0.142. The Bertz CT molecular complexity index is 280. The van der Waals surface area contributed by atoms with Crippen LogP contribution in [-0.4, -0.2) is 18.1 Å². The minimum absolute atomic E-state index is 0.302. The molecule has 0 aliphatic rings. The summed E-state index contributed by atoms with van der Waals surface area (Å²) < 4.78 is 9.52. The van der Waals surface area contributed by atoms with Gasteiger partial charge in [-0.3, -0.25) is 4.79 Å². The van der Waals surface area contributed by atoms with Gasteiger partial charge in [0.1, 0.15) is 6.26 Å². The number of carbonyl (C=O) groups excluding carboxylic acids is 1. The Morgan fingerprint density at radius 1 is 1.75 bits per heavy atom. The van der Waals surface area contributed by atoms with Crippen LogP contribution in [0.1, 0.15) is 24.4 Å². The van der Waals surface area contributed by atoms with E-state index < -0.39 is 0 Å². The zero-order valence-electron chi connectivity index (χ0n) is 7.33. The predicted octanol–water partition coefficient (Wildman–Crippen LogP) is 1.26. The van der Waals surface area contributed by atoms with Crippen molar-refractivity contribution < 1.29 is 13.9 Å². The van der Waals surface area contributed by atoms with Crippen molar-refractivity contribution in [3.05, 3.63) is 17.8 Å². The lowest BCUT2D eigenvalue weighted by Gasteiger charge is -2.03. The molecular weight excluding hydrogens is 158 g/mol. The summed E-state index contributed by atoms with van der Waals surface area (Å²) in [5.74, 6) is -0.100. The maximum absolute atomic E-state index is 11.0. The highest BCUT2D eigenvalue weighted by molar-refractivity contribution is 5.76. The Hall–Kier alpha value is -1.32. The first-order chi connectivity index (χ1) is 5.65. The fourth-order valence-electron chi connectivity index (χ4n) is 0.877. The number of hydrogen-bond donors (Lipinski definition) is 0. The molecule has 1 rings (SSSR count). The number of oxazole rings is 1. The molecule has 4 heteroatoms. The zero-order chi connectivity index (χ0) is 9.14. The average Bonchev–Trinajstić information content (AvgIpc) is 2.49. The second-order valence-electron chi connectivity index (χ2n) is 2.54. The quantitative estimate of drug-likeness (QED) is 0.625. The van der Waals surface area contributed by atoms with E-state index in [4.69, 9.17) is 4.42 Å². The molecule has 0 radical (unpaired) electrons. The monoisotopic (exact) mass is 169 g/mol. The van der Waals surface area contributed by atoms with Gasteiger partial charge in [0, 0.05) is 6.92 Å². The van der Waals surface area contributed by atoms with Crippen molar-refractivity contribution in [1.82, 2.24) is 4.98 Å². The van der Waals surface area contributed by atoms with E-state index in [1.807, 2.05) is 0 Å². The molecule has 0 fully saturated rings. The Labute approximate surface area is 70.5 Å². The minimum Gasteiger partial charge on any atom is -0.469 e. The largest absolute Gasteiger partial charge is 0.469 e. The first-order valence-electron chi connectivity index (χ1n) is 3.65. The number of aryl methyl sites for hydroxylation is 1. The number of ether oxygens (including phenoxy) is 1. The summed E-state index contributed by atoms with van der Waals surface area (Å²) in [6, 6.07) is 0. The van der Waals surface area contributed by atoms with Crippen molar-refractivity contribution in [3.8, 4) is 0 Å². The smallest absolute Gasteiger partial charge is 0.314 e. The summed E-state index contributed by atoms with van der Waals surface area (Å²) in [7, 11) is 1.35. The standard InChI is InChI=1S/C8H11NO3/c1-5(8(10)11-3)7-4-12-6(2)9-7/h4-5H,1-3H3. The zero-order valence-corrected chi connectivity index (χ0v) is 7.33. The molecule has 12 heavy (non-hydrogen) atoms. The van der Waals surface area contributed by atoms with Gasteiger partial charge in [0.05, 0.1) is 18.7 Å². The molecule has 1 unspecified atom stereocenters. The van der Waals surface area contributed by atoms with Crippen LogP contribution in [0.4, 0.5) is 0 Å². The molecule has 0 aliphatic heterocycles. The fourth-order valence-corrected chi connectivity index (χ4v) is 0.877. The Balaban J connectivity index is 2.77. The molecule has 1 atom stereocenters. The summed E-state index contributed by atoms with van der Waals surface area (Å²) >= 11 is 0. The predicted molar refractivity (Wildman–Crippen MR) is 41.7 cm³/mol. The van der Waals surface area contributed by atoms with Crippen LogP contribution >= 0.6 is 0 Å². The molecule has 1 aromatic rings. The van der Waals surface area contributed by atoms with Crippen molar-refractivity contribution in [3.63, 3.8) is 0 Å². The molecular formula is C8H11NO3. The molecule has 0 spiro atoms. The van der Waals surface area contributed by atoms with Crippen molar-refractivity contribution in [2.45, 2.75) is 19.8 Å². The molecule has 0 aromatic carbocycles. The lowest BCUT2D eigenvalue weighted by Crippen LogP contribution is -2.10. The second-order valence-corrected chi connectivity index (χ2v) is 2.54. The number of aromatic nitrogens is 1. The van der Waals surface area contributed by atoms with Crippen molar-refractivity contribution in [1.29, 1.82) is 0 Å². The fraction of sp³-hybridized carbons (Fsp3) is 0.500. The molecule has 0 saturated heterocycles. The van der Waals surface area contributed by atoms with E-state index in [0.717, 1.165) is 0 Å². The van der Waals surface area contributed by atoms with Crippen molar-refractivity contribution in [2.75, 3.05) is 7.11 Å². The number of rotatable bonds is 2. The second kappa shape index (κ2) is 3.38. The van der Waals surface area contributed by atoms with Gasteiger partial charge in [0.2, 0.25) is 0 Å². The highest BCUT2D eigenvalue weighted by Gasteiger charge is 2.18. The van der Waals surface area contributed by atoms with E-state index in [-0.39, 0.29) is 11.9 Å². The topological polar surface area (TPSA) is 52.3 Å². The first-order valence-corrected chi connectivity index (χ1v) is 3.65. The maximum atomic E-state index is 11.0. The number of hydrogen-bond acceptors (Lipinski definition) is 4. The minimum atomic E-state index is -0.354. The number of methoxy groups -OCH3 is 1. The van der Waals surface area contributed by atoms with Crippen LogP contribution in [0.15, 0.2) is 10.7 Å². The molecule has 0 bridgehead atoms. The van der Waals surface area contributed by atoms with E-state index in [1.165, 1.54) is 13.4 Å². The van der Waals surface area contributed by atoms with E-state index >= 15 is 0 Å². The van der Waals surface area contributed by atoms with Gasteiger partial charge in [0.25, 0.3) is 0 Å². The third kappa shape index (κ3) is 1.64. The molecule has 0 aliphatic carbocycles. The summed E-state index contributed by atoms with van der Waals surface area (Å²) in [5.41, 5.74) is 0.611. The third-order valence-corrected chi connectivity index (χ3v) is 1.64. The van der Waals surface area contributed by atoms with Gasteiger partial charge in [-0.15, -0.1) is 0 Å². The molecule has 0 N–H and O–H groups in total. The van der Waals surface area contributed by atoms with Gasteiger partial charge in [-0.2, -0.15) is 0 Å². The van der Waals surface area contributed by atoms with Crippen LogP contribution in [0.5, 0.6) is 0 Å². The van der Waals surface area contributed by atoms with Gasteiger partial charge in [-0.05, 0) is 6.92 Å². The van der Waals surface area contributed by atoms with E-state index in [0.29, 0.717) is 11.6 Å². The van der Waals surface area contributed by atoms with Crippen molar-refractivity contribution >= 4 is 5.97 Å². The summed E-state index contributed by atoms with van der Waals surface area (Å²) in [6.07, 6.45) is 1.47. The average molecular weight is 169 g/mol. The number of esters is 1. The molecule has 66 valence electrons. The molecule has 1 aromatic heterocycles. The molecule has 1 heterocycles. The van der Waals surface area contributed by atoms with Gasteiger partial charge < -0.3 is 9.15 Å². The Kier molecular flexibility index (Phi) is 2.47. The molecule has 4 nitrogen and oxygen atoms in total. The van der Waals surface area contributed by atoms with Gasteiger partial charge in [0.15, 0.2) is 5.89 Å². The van der Waals surface area contributed by atoms with E-state index in [9.17, 15) is 4.79 Å². The SMILES string of the molecule is COC(=O)C(C)c1coc(C)n1. The van der Waals surface area contributed by atoms with Gasteiger partial charge >= 0.3 is 5.97 Å². The summed E-state index contributed by atoms with van der Waals surface area (Å²) in [4.78, 5) is 15.0. The van der Waals surface area contributed by atoms with Crippen LogP contribution < -0.4 is 0 Å². The normalized spacial score (nSPS) is 12.6.